The molecule has 1 fully saturated rings. The topological polar surface area (TPSA) is 63.8 Å². The standard InChI is InChI=1S/C11H11BrN4O/c12-7-3-1-6-14-9(7)10-15-11(17-16-10)8-4-2-5-13-8/h1,3,6,8,13H,2,4-5H2. The first-order valence-electron chi connectivity index (χ1n) is 5.52. The van der Waals surface area contributed by atoms with Crippen LogP contribution in [-0.2, 0) is 0 Å². The van der Waals surface area contributed by atoms with Crippen molar-refractivity contribution in [2.24, 2.45) is 0 Å². The number of hydrogen-bond donors (Lipinski definition) is 1. The highest BCUT2D eigenvalue weighted by Crippen LogP contribution is 2.26. The summed E-state index contributed by atoms with van der Waals surface area (Å²) in [5, 5.41) is 7.30. The molecule has 1 saturated heterocycles. The SMILES string of the molecule is Brc1cccnc1-c1noc(C2CCCN2)n1. The van der Waals surface area contributed by atoms with Gasteiger partial charge in [-0.2, -0.15) is 4.98 Å². The van der Waals surface area contributed by atoms with E-state index in [4.69, 9.17) is 4.52 Å². The molecule has 3 heterocycles. The molecule has 0 amide bonds. The minimum atomic E-state index is 0.193. The zero-order chi connectivity index (χ0) is 11.7. The van der Waals surface area contributed by atoms with Gasteiger partial charge in [0.25, 0.3) is 0 Å². The molecule has 5 nitrogen and oxygen atoms in total. The van der Waals surface area contributed by atoms with Crippen molar-refractivity contribution in [3.05, 3.63) is 28.7 Å². The second kappa shape index (κ2) is 4.54. The molecule has 0 aliphatic carbocycles. The van der Waals surface area contributed by atoms with Gasteiger partial charge >= 0.3 is 0 Å². The summed E-state index contributed by atoms with van der Waals surface area (Å²) in [6.07, 6.45) is 3.91. The van der Waals surface area contributed by atoms with Gasteiger partial charge in [0.2, 0.25) is 11.7 Å². The zero-order valence-electron chi connectivity index (χ0n) is 9.06. The summed E-state index contributed by atoms with van der Waals surface area (Å²) in [7, 11) is 0. The van der Waals surface area contributed by atoms with Gasteiger partial charge < -0.3 is 9.84 Å². The second-order valence-electron chi connectivity index (χ2n) is 3.94. The smallest absolute Gasteiger partial charge is 0.244 e. The molecule has 88 valence electrons. The van der Waals surface area contributed by atoms with E-state index >= 15 is 0 Å². The lowest BCUT2D eigenvalue weighted by Crippen LogP contribution is -2.12. The fraction of sp³-hybridized carbons (Fsp3) is 0.364. The molecule has 1 N–H and O–H groups in total. The Morgan fingerprint density at radius 2 is 2.41 bits per heavy atom. The van der Waals surface area contributed by atoms with Crippen LogP contribution in [0.4, 0.5) is 0 Å². The van der Waals surface area contributed by atoms with Gasteiger partial charge in [0, 0.05) is 10.7 Å². The van der Waals surface area contributed by atoms with E-state index in [-0.39, 0.29) is 6.04 Å². The van der Waals surface area contributed by atoms with Crippen molar-refractivity contribution < 1.29 is 4.52 Å². The van der Waals surface area contributed by atoms with E-state index in [0.29, 0.717) is 17.4 Å². The van der Waals surface area contributed by atoms with E-state index in [0.717, 1.165) is 23.9 Å². The highest BCUT2D eigenvalue weighted by molar-refractivity contribution is 9.10. The van der Waals surface area contributed by atoms with Crippen LogP contribution in [0.25, 0.3) is 11.5 Å². The first kappa shape index (κ1) is 10.9. The predicted molar refractivity (Wildman–Crippen MR) is 65.2 cm³/mol. The molecule has 2 aromatic heterocycles. The maximum atomic E-state index is 5.27. The molecule has 2 aromatic rings. The molecular weight excluding hydrogens is 284 g/mol. The summed E-state index contributed by atoms with van der Waals surface area (Å²) >= 11 is 3.43. The van der Waals surface area contributed by atoms with E-state index in [1.165, 1.54) is 0 Å². The number of pyridine rings is 1. The molecular formula is C11H11BrN4O. The third kappa shape index (κ3) is 2.10. The first-order valence-corrected chi connectivity index (χ1v) is 6.32. The Hall–Kier alpha value is -1.27. The molecule has 1 atom stereocenters. The van der Waals surface area contributed by atoms with Crippen molar-refractivity contribution in [2.45, 2.75) is 18.9 Å². The molecule has 1 unspecified atom stereocenters. The molecule has 0 bridgehead atoms. The summed E-state index contributed by atoms with van der Waals surface area (Å²) in [5.74, 6) is 1.18. The summed E-state index contributed by atoms with van der Waals surface area (Å²) in [6.45, 7) is 1.01. The summed E-state index contributed by atoms with van der Waals surface area (Å²) in [4.78, 5) is 8.63. The van der Waals surface area contributed by atoms with Crippen molar-refractivity contribution in [1.82, 2.24) is 20.4 Å². The van der Waals surface area contributed by atoms with Gasteiger partial charge in [0.1, 0.15) is 5.69 Å². The number of nitrogens with one attached hydrogen (secondary N) is 1. The van der Waals surface area contributed by atoms with Crippen LogP contribution in [-0.4, -0.2) is 21.7 Å². The number of hydrogen-bond acceptors (Lipinski definition) is 5. The summed E-state index contributed by atoms with van der Waals surface area (Å²) in [5.41, 5.74) is 0.709. The maximum absolute atomic E-state index is 5.27. The van der Waals surface area contributed by atoms with Crippen LogP contribution in [0.5, 0.6) is 0 Å². The minimum absolute atomic E-state index is 0.193. The van der Waals surface area contributed by atoms with Crippen LogP contribution in [0.2, 0.25) is 0 Å². The molecule has 1 aliphatic rings. The van der Waals surface area contributed by atoms with Crippen molar-refractivity contribution >= 4 is 15.9 Å². The molecule has 0 aromatic carbocycles. The van der Waals surface area contributed by atoms with Crippen LogP contribution in [0, 0.1) is 0 Å². The molecule has 17 heavy (non-hydrogen) atoms. The van der Waals surface area contributed by atoms with E-state index in [9.17, 15) is 0 Å². The van der Waals surface area contributed by atoms with Crippen molar-refractivity contribution in [3.63, 3.8) is 0 Å². The average Bonchev–Trinajstić information content (AvgIpc) is 3.00. The summed E-state index contributed by atoms with van der Waals surface area (Å²) < 4.78 is 6.14. The van der Waals surface area contributed by atoms with Crippen LogP contribution >= 0.6 is 15.9 Å². The lowest BCUT2D eigenvalue weighted by Gasteiger charge is -2.01. The van der Waals surface area contributed by atoms with Crippen molar-refractivity contribution in [2.75, 3.05) is 6.54 Å². The monoisotopic (exact) mass is 294 g/mol. The summed E-state index contributed by atoms with van der Waals surface area (Å²) in [6, 6.07) is 3.96. The van der Waals surface area contributed by atoms with Gasteiger partial charge in [-0.25, -0.2) is 0 Å². The van der Waals surface area contributed by atoms with Crippen LogP contribution in [0.15, 0.2) is 27.3 Å². The van der Waals surface area contributed by atoms with Crippen LogP contribution in [0.1, 0.15) is 24.8 Å². The normalized spacial score (nSPS) is 19.7. The van der Waals surface area contributed by atoms with E-state index in [1.54, 1.807) is 6.20 Å². The third-order valence-electron chi connectivity index (χ3n) is 2.77. The van der Waals surface area contributed by atoms with Crippen LogP contribution in [0.3, 0.4) is 0 Å². The Bertz CT molecular complexity index is 522. The number of aromatic nitrogens is 3. The second-order valence-corrected chi connectivity index (χ2v) is 4.79. The quantitative estimate of drug-likeness (QED) is 0.921. The van der Waals surface area contributed by atoms with E-state index in [2.05, 4.69) is 36.4 Å². The Labute approximate surface area is 107 Å². The lowest BCUT2D eigenvalue weighted by atomic mass is 10.2. The van der Waals surface area contributed by atoms with Gasteiger partial charge in [0.15, 0.2) is 0 Å². The largest absolute Gasteiger partial charge is 0.337 e. The minimum Gasteiger partial charge on any atom is -0.337 e. The van der Waals surface area contributed by atoms with Crippen molar-refractivity contribution in [1.29, 1.82) is 0 Å². The molecule has 6 heteroatoms. The van der Waals surface area contributed by atoms with Crippen LogP contribution < -0.4 is 5.32 Å². The first-order chi connectivity index (χ1) is 8.34. The van der Waals surface area contributed by atoms with Gasteiger partial charge in [-0.05, 0) is 47.4 Å². The lowest BCUT2D eigenvalue weighted by molar-refractivity contribution is 0.345. The van der Waals surface area contributed by atoms with Gasteiger partial charge in [-0.15, -0.1) is 0 Å². The molecule has 1 aliphatic heterocycles. The van der Waals surface area contributed by atoms with E-state index < -0.39 is 0 Å². The average molecular weight is 295 g/mol. The highest BCUT2D eigenvalue weighted by Gasteiger charge is 2.23. The third-order valence-corrected chi connectivity index (χ3v) is 3.41. The Morgan fingerprint density at radius 1 is 1.47 bits per heavy atom. The Kier molecular flexibility index (Phi) is 2.90. The highest BCUT2D eigenvalue weighted by atomic mass is 79.9. The van der Waals surface area contributed by atoms with Gasteiger partial charge in [0.05, 0.1) is 6.04 Å². The zero-order valence-corrected chi connectivity index (χ0v) is 10.6. The molecule has 0 spiro atoms. The number of rotatable bonds is 2. The van der Waals surface area contributed by atoms with Gasteiger partial charge in [-0.3, -0.25) is 4.98 Å². The molecule has 0 radical (unpaired) electrons. The predicted octanol–water partition coefficient (Wildman–Crippen LogP) is 2.32. The Balaban J connectivity index is 1.92. The number of halogens is 1. The van der Waals surface area contributed by atoms with E-state index in [1.807, 2.05) is 12.1 Å². The molecule has 0 saturated carbocycles. The van der Waals surface area contributed by atoms with Gasteiger partial charge in [-0.1, -0.05) is 5.16 Å². The Morgan fingerprint density at radius 3 is 3.18 bits per heavy atom. The maximum Gasteiger partial charge on any atom is 0.244 e. The fourth-order valence-corrected chi connectivity index (χ4v) is 2.35. The number of nitrogens with zero attached hydrogens (tertiary/aromatic N) is 3. The molecule has 3 rings (SSSR count). The fourth-order valence-electron chi connectivity index (χ4n) is 1.92. The van der Waals surface area contributed by atoms with Crippen molar-refractivity contribution in [3.8, 4) is 11.5 Å².